The molecule has 0 bridgehead atoms. The van der Waals surface area contributed by atoms with Crippen molar-refractivity contribution in [1.82, 2.24) is 9.88 Å². The summed E-state index contributed by atoms with van der Waals surface area (Å²) in [6.45, 7) is 7.09. The fraction of sp³-hybridized carbons (Fsp3) is 0.667. The molecule has 3 heterocycles. The maximum absolute atomic E-state index is 4.53. The Hall–Kier alpha value is -1.09. The highest BCUT2D eigenvalue weighted by molar-refractivity contribution is 5.41. The first-order valence-electron chi connectivity index (χ1n) is 7.24. The van der Waals surface area contributed by atoms with Gasteiger partial charge in [-0.2, -0.15) is 0 Å². The van der Waals surface area contributed by atoms with E-state index in [4.69, 9.17) is 0 Å². The van der Waals surface area contributed by atoms with Crippen molar-refractivity contribution in [2.45, 2.75) is 38.6 Å². The molecule has 1 aromatic heterocycles. The van der Waals surface area contributed by atoms with E-state index in [0.29, 0.717) is 0 Å². The van der Waals surface area contributed by atoms with Gasteiger partial charge < -0.3 is 4.90 Å². The molecule has 98 valence electrons. The van der Waals surface area contributed by atoms with Gasteiger partial charge in [-0.05, 0) is 63.4 Å². The van der Waals surface area contributed by atoms with E-state index >= 15 is 0 Å². The van der Waals surface area contributed by atoms with Crippen LogP contribution in [0.4, 0.5) is 5.82 Å². The molecule has 2 aliphatic rings. The molecule has 0 aromatic carbocycles. The zero-order chi connectivity index (χ0) is 12.4. The Morgan fingerprint density at radius 3 is 2.78 bits per heavy atom. The lowest BCUT2D eigenvalue weighted by Gasteiger charge is -2.38. The number of anilines is 1. The van der Waals surface area contributed by atoms with Crippen molar-refractivity contribution in [1.29, 1.82) is 0 Å². The van der Waals surface area contributed by atoms with Gasteiger partial charge in [0, 0.05) is 25.3 Å². The topological polar surface area (TPSA) is 19.4 Å². The molecular weight excluding hydrogens is 222 g/mol. The zero-order valence-electron chi connectivity index (χ0n) is 11.3. The lowest BCUT2D eigenvalue weighted by molar-refractivity contribution is 0.215. The Bertz CT molecular complexity index is 398. The maximum Gasteiger partial charge on any atom is 0.128 e. The summed E-state index contributed by atoms with van der Waals surface area (Å²) in [4.78, 5) is 9.69. The second kappa shape index (κ2) is 5.27. The third-order valence-corrected chi connectivity index (χ3v) is 4.28. The lowest BCUT2D eigenvalue weighted by atomic mass is 10.0. The molecule has 2 saturated heterocycles. The highest BCUT2D eigenvalue weighted by atomic mass is 15.3. The van der Waals surface area contributed by atoms with Crippen molar-refractivity contribution < 1.29 is 0 Å². The van der Waals surface area contributed by atoms with Gasteiger partial charge in [-0.25, -0.2) is 4.98 Å². The number of aromatic nitrogens is 1. The molecule has 0 radical (unpaired) electrons. The Kier molecular flexibility index (Phi) is 3.50. The van der Waals surface area contributed by atoms with Crippen LogP contribution >= 0.6 is 0 Å². The minimum Gasteiger partial charge on any atom is -0.355 e. The SMILES string of the molecule is Cc1ccnc(N2CCC[C@H](N3CCCC3)C2)c1. The number of hydrogen-bond acceptors (Lipinski definition) is 3. The van der Waals surface area contributed by atoms with Gasteiger partial charge in [0.2, 0.25) is 0 Å². The van der Waals surface area contributed by atoms with Gasteiger partial charge in [0.1, 0.15) is 5.82 Å². The largest absolute Gasteiger partial charge is 0.355 e. The predicted octanol–water partition coefficient (Wildman–Crippen LogP) is 2.45. The van der Waals surface area contributed by atoms with Crippen molar-refractivity contribution in [3.05, 3.63) is 23.9 Å². The van der Waals surface area contributed by atoms with E-state index < -0.39 is 0 Å². The fourth-order valence-corrected chi connectivity index (χ4v) is 3.26. The van der Waals surface area contributed by atoms with Gasteiger partial charge in [0.15, 0.2) is 0 Å². The van der Waals surface area contributed by atoms with Crippen LogP contribution in [0.5, 0.6) is 0 Å². The maximum atomic E-state index is 4.53. The Morgan fingerprint density at radius 2 is 2.00 bits per heavy atom. The first kappa shape index (κ1) is 12.0. The van der Waals surface area contributed by atoms with Gasteiger partial charge in [0.05, 0.1) is 0 Å². The molecule has 3 heteroatoms. The number of aryl methyl sites for hydroxylation is 1. The molecule has 3 rings (SSSR count). The van der Waals surface area contributed by atoms with Gasteiger partial charge in [-0.3, -0.25) is 4.90 Å². The zero-order valence-corrected chi connectivity index (χ0v) is 11.3. The summed E-state index contributed by atoms with van der Waals surface area (Å²) >= 11 is 0. The number of likely N-dealkylation sites (tertiary alicyclic amines) is 1. The van der Waals surface area contributed by atoms with Crippen LogP contribution in [0.15, 0.2) is 18.3 Å². The molecule has 18 heavy (non-hydrogen) atoms. The average molecular weight is 245 g/mol. The second-order valence-electron chi connectivity index (χ2n) is 5.68. The number of piperidine rings is 1. The van der Waals surface area contributed by atoms with E-state index in [2.05, 4.69) is 33.8 Å². The molecule has 3 nitrogen and oxygen atoms in total. The smallest absolute Gasteiger partial charge is 0.128 e. The van der Waals surface area contributed by atoms with E-state index in [9.17, 15) is 0 Å². The Balaban J connectivity index is 1.69. The monoisotopic (exact) mass is 245 g/mol. The molecule has 1 aromatic rings. The van der Waals surface area contributed by atoms with Crippen molar-refractivity contribution in [2.24, 2.45) is 0 Å². The van der Waals surface area contributed by atoms with E-state index in [-0.39, 0.29) is 0 Å². The van der Waals surface area contributed by atoms with Crippen LogP contribution in [-0.2, 0) is 0 Å². The molecule has 2 aliphatic heterocycles. The minimum atomic E-state index is 0.753. The summed E-state index contributed by atoms with van der Waals surface area (Å²) in [6.07, 6.45) is 7.38. The fourth-order valence-electron chi connectivity index (χ4n) is 3.26. The molecule has 2 fully saturated rings. The molecule has 0 saturated carbocycles. The normalized spacial score (nSPS) is 25.6. The first-order chi connectivity index (χ1) is 8.83. The number of nitrogens with zero attached hydrogens (tertiary/aromatic N) is 3. The van der Waals surface area contributed by atoms with Crippen LogP contribution in [0.2, 0.25) is 0 Å². The van der Waals surface area contributed by atoms with Crippen LogP contribution in [0.1, 0.15) is 31.2 Å². The van der Waals surface area contributed by atoms with Crippen molar-refractivity contribution >= 4 is 5.82 Å². The van der Waals surface area contributed by atoms with Gasteiger partial charge in [-0.15, -0.1) is 0 Å². The minimum absolute atomic E-state index is 0.753. The summed E-state index contributed by atoms with van der Waals surface area (Å²) in [7, 11) is 0. The molecule has 1 atom stereocenters. The first-order valence-corrected chi connectivity index (χ1v) is 7.24. The second-order valence-corrected chi connectivity index (χ2v) is 5.68. The molecule has 0 spiro atoms. The van der Waals surface area contributed by atoms with Crippen LogP contribution in [0.3, 0.4) is 0 Å². The standard InChI is InChI=1S/C15H23N3/c1-13-6-7-16-15(11-13)18-10-4-5-14(12-18)17-8-2-3-9-17/h6-7,11,14H,2-5,8-10,12H2,1H3/t14-/m0/s1. The van der Waals surface area contributed by atoms with Gasteiger partial charge >= 0.3 is 0 Å². The molecule has 0 N–H and O–H groups in total. The molecule has 0 amide bonds. The summed E-state index contributed by atoms with van der Waals surface area (Å²) in [5.74, 6) is 1.17. The van der Waals surface area contributed by atoms with E-state index in [1.807, 2.05) is 6.20 Å². The average Bonchev–Trinajstić information content (AvgIpc) is 2.93. The number of rotatable bonds is 2. The highest BCUT2D eigenvalue weighted by Crippen LogP contribution is 2.23. The Morgan fingerprint density at radius 1 is 1.17 bits per heavy atom. The van der Waals surface area contributed by atoms with Crippen LogP contribution in [0.25, 0.3) is 0 Å². The highest BCUT2D eigenvalue weighted by Gasteiger charge is 2.27. The summed E-state index contributed by atoms with van der Waals surface area (Å²) in [5, 5.41) is 0. The van der Waals surface area contributed by atoms with Gasteiger partial charge in [-0.1, -0.05) is 0 Å². The van der Waals surface area contributed by atoms with Crippen molar-refractivity contribution in [3.8, 4) is 0 Å². The summed E-state index contributed by atoms with van der Waals surface area (Å²) < 4.78 is 0. The number of pyridine rings is 1. The van der Waals surface area contributed by atoms with Crippen LogP contribution in [0, 0.1) is 6.92 Å². The van der Waals surface area contributed by atoms with Crippen LogP contribution < -0.4 is 4.90 Å². The summed E-state index contributed by atoms with van der Waals surface area (Å²) in [5.41, 5.74) is 1.31. The van der Waals surface area contributed by atoms with Crippen molar-refractivity contribution in [3.63, 3.8) is 0 Å². The predicted molar refractivity (Wildman–Crippen MR) is 75.0 cm³/mol. The molecule has 0 aliphatic carbocycles. The molecular formula is C15H23N3. The van der Waals surface area contributed by atoms with Crippen molar-refractivity contribution in [2.75, 3.05) is 31.1 Å². The lowest BCUT2D eigenvalue weighted by Crippen LogP contribution is -2.47. The molecule has 0 unspecified atom stereocenters. The Labute approximate surface area is 110 Å². The quantitative estimate of drug-likeness (QED) is 0.798. The number of hydrogen-bond donors (Lipinski definition) is 0. The van der Waals surface area contributed by atoms with Gasteiger partial charge in [0.25, 0.3) is 0 Å². The third kappa shape index (κ3) is 2.51. The van der Waals surface area contributed by atoms with Crippen LogP contribution in [-0.4, -0.2) is 42.1 Å². The van der Waals surface area contributed by atoms with E-state index in [1.54, 1.807) is 0 Å². The van der Waals surface area contributed by atoms with E-state index in [1.165, 1.54) is 56.7 Å². The summed E-state index contributed by atoms with van der Waals surface area (Å²) in [6, 6.07) is 5.04. The van der Waals surface area contributed by atoms with E-state index in [0.717, 1.165) is 12.6 Å². The third-order valence-electron chi connectivity index (χ3n) is 4.28.